The van der Waals surface area contributed by atoms with Gasteiger partial charge in [0.05, 0.1) is 5.56 Å². The predicted molar refractivity (Wildman–Crippen MR) is 300 cm³/mol. The zero-order valence-electron chi connectivity index (χ0n) is 44.8. The smallest absolute Gasteiger partial charge is 0.366 e. The minimum absolute atomic E-state index is 0.00742. The standard InChI is InChI=1S/C57H46ClN9O16S2/c1-31(68)78-41-24-38(25-42(79-32(2)69)50(41)80-33(3)70)54(75)83-63-45(40-28-77-56(59-40)60-43(71)26-58)51(73)61-46-52(74)67-47(55(76)82-49(36-20-12-6-13-21-36)37-22-14-7-15-23-37)39(29-84-53(46)67)30-85-57-62-64-65-66(57)27-44(72)81-48(34-16-8-4-9-17-34)35-18-10-5-11-19-35/h4-25,28,46,48-49,53H,26-27,29-30H2,1-3H3,(H,61,73)(H,59,60,71)/b63-45-/t46-,53+/m1/s1. The summed E-state index contributed by atoms with van der Waals surface area (Å²) in [6, 6.07) is 36.2. The van der Waals surface area contributed by atoms with E-state index in [0.29, 0.717) is 16.7 Å². The lowest BCUT2D eigenvalue weighted by Crippen LogP contribution is -2.71. The molecule has 2 N–H and O–H groups in total. The van der Waals surface area contributed by atoms with Crippen LogP contribution < -0.4 is 24.8 Å². The van der Waals surface area contributed by atoms with Crippen LogP contribution in [-0.2, 0) is 59.2 Å². The monoisotopic (exact) mass is 1210 g/mol. The molecule has 2 aromatic heterocycles. The van der Waals surface area contributed by atoms with E-state index in [1.54, 1.807) is 60.7 Å². The number of ether oxygens (including phenoxy) is 5. The lowest BCUT2D eigenvalue weighted by molar-refractivity contribution is -0.154. The van der Waals surface area contributed by atoms with Crippen LogP contribution in [-0.4, -0.2) is 118 Å². The summed E-state index contributed by atoms with van der Waals surface area (Å²) in [5, 5.41) is 19.8. The molecule has 1 fully saturated rings. The van der Waals surface area contributed by atoms with E-state index in [2.05, 4.69) is 36.3 Å². The van der Waals surface area contributed by atoms with Gasteiger partial charge in [-0.25, -0.2) is 14.3 Å². The molecule has 9 rings (SSSR count). The van der Waals surface area contributed by atoms with E-state index >= 15 is 0 Å². The van der Waals surface area contributed by atoms with Crippen LogP contribution in [0.15, 0.2) is 166 Å². The average Bonchev–Trinajstić information content (AvgIpc) is 3.31. The van der Waals surface area contributed by atoms with Gasteiger partial charge in [0.25, 0.3) is 11.8 Å². The highest BCUT2D eigenvalue weighted by molar-refractivity contribution is 8.01. The Morgan fingerprint density at radius 1 is 0.753 bits per heavy atom. The molecule has 434 valence electrons. The number of carbonyl (C=O) groups excluding carboxylic acids is 9. The number of aromatic nitrogens is 5. The number of oxazole rings is 1. The molecule has 4 heterocycles. The maximum Gasteiger partial charge on any atom is 0.366 e. The molecular weight excluding hydrogens is 1170 g/mol. The molecule has 7 aromatic rings. The van der Waals surface area contributed by atoms with Crippen molar-refractivity contribution in [1.82, 2.24) is 35.4 Å². The summed E-state index contributed by atoms with van der Waals surface area (Å²) in [4.78, 5) is 130. The lowest BCUT2D eigenvalue weighted by atomic mass is 10.0. The van der Waals surface area contributed by atoms with Crippen LogP contribution in [0.3, 0.4) is 0 Å². The van der Waals surface area contributed by atoms with E-state index in [4.69, 9.17) is 44.5 Å². The van der Waals surface area contributed by atoms with Crippen molar-refractivity contribution in [2.24, 2.45) is 5.16 Å². The zero-order chi connectivity index (χ0) is 60.1. The van der Waals surface area contributed by atoms with Crippen molar-refractivity contribution < 1.29 is 76.1 Å². The van der Waals surface area contributed by atoms with Gasteiger partial charge in [0, 0.05) is 32.3 Å². The van der Waals surface area contributed by atoms with E-state index in [0.717, 1.165) is 62.1 Å². The van der Waals surface area contributed by atoms with Crippen LogP contribution in [0.4, 0.5) is 6.01 Å². The van der Waals surface area contributed by atoms with E-state index in [1.807, 2.05) is 60.7 Å². The summed E-state index contributed by atoms with van der Waals surface area (Å²) in [5.74, 6) is -10.5. The van der Waals surface area contributed by atoms with Crippen molar-refractivity contribution in [3.8, 4) is 17.2 Å². The van der Waals surface area contributed by atoms with Gasteiger partial charge in [0.15, 0.2) is 29.4 Å². The number of carbonyl (C=O) groups is 9. The van der Waals surface area contributed by atoms with Crippen molar-refractivity contribution in [3.05, 3.63) is 185 Å². The molecule has 0 spiro atoms. The van der Waals surface area contributed by atoms with Crippen LogP contribution >= 0.6 is 35.1 Å². The van der Waals surface area contributed by atoms with E-state index < -0.39 is 123 Å². The van der Waals surface area contributed by atoms with Crippen LogP contribution in [0.2, 0.25) is 0 Å². The number of nitrogens with one attached hydrogen (secondary N) is 2. The fraction of sp³-hybridized carbons (Fsp3) is 0.193. The number of fused-ring (bicyclic) bond motifs is 1. The third-order valence-corrected chi connectivity index (χ3v) is 14.7. The van der Waals surface area contributed by atoms with Gasteiger partial charge >= 0.3 is 41.8 Å². The Morgan fingerprint density at radius 3 is 1.82 bits per heavy atom. The highest BCUT2D eigenvalue weighted by Gasteiger charge is 2.55. The maximum absolute atomic E-state index is 14.9. The van der Waals surface area contributed by atoms with Crippen LogP contribution in [0.5, 0.6) is 17.2 Å². The lowest BCUT2D eigenvalue weighted by Gasteiger charge is -2.49. The fourth-order valence-corrected chi connectivity index (χ4v) is 10.9. The number of esters is 5. The number of β-lactam (4-membered cyclic amide) rings is 1. The fourth-order valence-electron chi connectivity index (χ4n) is 8.50. The van der Waals surface area contributed by atoms with Crippen LogP contribution in [0.25, 0.3) is 0 Å². The normalized spacial score (nSPS) is 14.6. The Balaban J connectivity index is 0.998. The van der Waals surface area contributed by atoms with Crippen LogP contribution in [0, 0.1) is 0 Å². The zero-order valence-corrected chi connectivity index (χ0v) is 47.2. The summed E-state index contributed by atoms with van der Waals surface area (Å²) < 4.78 is 34.3. The number of hydrogen-bond donors (Lipinski definition) is 2. The van der Waals surface area contributed by atoms with Gasteiger partial charge in [-0.1, -0.05) is 138 Å². The molecule has 0 saturated carbocycles. The van der Waals surface area contributed by atoms with E-state index in [-0.39, 0.29) is 28.9 Å². The van der Waals surface area contributed by atoms with E-state index in [9.17, 15) is 43.2 Å². The van der Waals surface area contributed by atoms with Crippen molar-refractivity contribution >= 4 is 100 Å². The number of halogens is 1. The molecule has 2 aliphatic rings. The third-order valence-electron chi connectivity index (χ3n) is 12.1. The second kappa shape index (κ2) is 27.4. The van der Waals surface area contributed by atoms with Crippen molar-refractivity contribution in [2.45, 2.75) is 56.1 Å². The number of anilines is 1. The van der Waals surface area contributed by atoms with Gasteiger partial charge in [-0.3, -0.25) is 43.8 Å². The molecule has 85 heavy (non-hydrogen) atoms. The molecule has 1 saturated heterocycles. The Hall–Kier alpha value is -9.99. The molecule has 0 bridgehead atoms. The molecule has 3 amide bonds. The molecule has 25 nitrogen and oxygen atoms in total. The molecule has 2 aliphatic heterocycles. The van der Waals surface area contributed by atoms with Crippen LogP contribution in [0.1, 0.15) is 71.3 Å². The Labute approximate surface area is 495 Å². The van der Waals surface area contributed by atoms with Crippen molar-refractivity contribution in [1.29, 1.82) is 0 Å². The molecule has 0 unspecified atom stereocenters. The SMILES string of the molecule is CC(=O)Oc1cc(C(=O)O/N=C(\C(=O)N[C@@H]2C(=O)N3C(C(=O)OC(c4ccccc4)c4ccccc4)=C(CSc4nnnn4CC(=O)OC(c4ccccc4)c4ccccc4)CS[C@@H]23)c2coc(NC(=O)CCl)n2)cc(OC(C)=O)c1OC(C)=O. The Kier molecular flexibility index (Phi) is 19.2. The highest BCUT2D eigenvalue weighted by atomic mass is 35.5. The first-order valence-corrected chi connectivity index (χ1v) is 27.9. The number of oxime groups is 1. The van der Waals surface area contributed by atoms with Gasteiger partial charge in [-0.2, -0.15) is 4.98 Å². The van der Waals surface area contributed by atoms with Gasteiger partial charge in [0.2, 0.25) is 16.8 Å². The van der Waals surface area contributed by atoms with E-state index in [1.165, 1.54) is 21.3 Å². The first-order chi connectivity index (χ1) is 41.0. The summed E-state index contributed by atoms with van der Waals surface area (Å²) in [5.41, 5.74) is 1.22. The number of amides is 3. The molecule has 0 radical (unpaired) electrons. The Bertz CT molecular complexity index is 3640. The first kappa shape index (κ1) is 59.6. The Morgan fingerprint density at radius 2 is 1.29 bits per heavy atom. The molecule has 5 aromatic carbocycles. The number of nitrogens with zero attached hydrogens (tertiary/aromatic N) is 7. The largest absolute Gasteiger partial charge is 0.451 e. The number of thioether (sulfide) groups is 2. The molecule has 0 aliphatic carbocycles. The quantitative estimate of drug-likeness (QED) is 0.0110. The summed E-state index contributed by atoms with van der Waals surface area (Å²) >= 11 is 7.90. The minimum atomic E-state index is -1.39. The third kappa shape index (κ3) is 14.6. The number of rotatable bonds is 22. The van der Waals surface area contributed by atoms with Gasteiger partial charge in [-0.05, 0) is 50.4 Å². The van der Waals surface area contributed by atoms with Gasteiger partial charge in [-0.15, -0.1) is 28.5 Å². The van der Waals surface area contributed by atoms with Crippen molar-refractivity contribution in [3.63, 3.8) is 0 Å². The highest BCUT2D eigenvalue weighted by Crippen LogP contribution is 2.44. The molecule has 2 atom stereocenters. The maximum atomic E-state index is 14.9. The summed E-state index contributed by atoms with van der Waals surface area (Å²) in [7, 11) is 0. The van der Waals surface area contributed by atoms with Gasteiger partial charge < -0.3 is 38.3 Å². The number of hydrogen-bond acceptors (Lipinski definition) is 23. The second-order valence-electron chi connectivity index (χ2n) is 18.1. The summed E-state index contributed by atoms with van der Waals surface area (Å²) in [6.45, 7) is 2.63. The molecular formula is C57H46ClN9O16S2. The summed E-state index contributed by atoms with van der Waals surface area (Å²) in [6.07, 6.45) is -0.830. The number of benzene rings is 5. The second-order valence-corrected chi connectivity index (χ2v) is 20.5. The molecule has 28 heteroatoms. The van der Waals surface area contributed by atoms with Crippen molar-refractivity contribution in [2.75, 3.05) is 22.7 Å². The van der Waals surface area contributed by atoms with Gasteiger partial charge in [0.1, 0.15) is 41.5 Å². The predicted octanol–water partition coefficient (Wildman–Crippen LogP) is 6.29. The topological polar surface area (TPSA) is 318 Å². The number of alkyl halides is 1. The number of tetrazole rings is 1. The average molecular weight is 1210 g/mol. The minimum Gasteiger partial charge on any atom is -0.451 e. The first-order valence-electron chi connectivity index (χ1n) is 25.4.